The number of ketones is 1. The molecule has 0 aliphatic heterocycles. The maximum absolute atomic E-state index is 12.7. The minimum atomic E-state index is -2.35. The van der Waals surface area contributed by atoms with Gasteiger partial charge in [-0.05, 0) is 36.7 Å². The summed E-state index contributed by atoms with van der Waals surface area (Å²) < 4.78 is 12.4. The molecule has 0 saturated carbocycles. The van der Waals surface area contributed by atoms with Crippen molar-refractivity contribution in [3.05, 3.63) is 0 Å². The molecule has 0 aromatic rings. The lowest BCUT2D eigenvalue weighted by Gasteiger charge is -2.23. The minimum Gasteiger partial charge on any atom is -0.292 e. The van der Waals surface area contributed by atoms with Gasteiger partial charge in [-0.1, -0.05) is 45.5 Å². The van der Waals surface area contributed by atoms with Gasteiger partial charge in [0, 0.05) is 23.3 Å². The third-order valence-corrected chi connectivity index (χ3v) is 4.29. The van der Waals surface area contributed by atoms with E-state index >= 15 is 0 Å². The fourth-order valence-corrected chi connectivity index (χ4v) is 2.71. The van der Waals surface area contributed by atoms with Crippen LogP contribution < -0.4 is 0 Å². The molecule has 0 bridgehead atoms. The number of hydrogen-bond donors (Lipinski definition) is 0. The Morgan fingerprint density at radius 2 is 1.60 bits per heavy atom. The smallest absolute Gasteiger partial charge is 0.184 e. The molecule has 0 aliphatic rings. The first-order valence-electron chi connectivity index (χ1n) is 7.20. The molecule has 0 amide bonds. The number of hydrogen-bond acceptors (Lipinski definition) is 2. The van der Waals surface area contributed by atoms with E-state index in [9.17, 15) is 9.00 Å². The molecule has 0 spiro atoms. The van der Waals surface area contributed by atoms with E-state index in [1.54, 1.807) is 12.5 Å². The van der Waals surface area contributed by atoms with Crippen LogP contribution in [0.15, 0.2) is 0 Å². The highest BCUT2D eigenvalue weighted by Gasteiger charge is 2.31. The molecule has 0 aromatic carbocycles. The van der Waals surface area contributed by atoms with E-state index in [2.05, 4.69) is 18.8 Å². The Morgan fingerprint density at radius 1 is 1.10 bits per heavy atom. The first-order valence-corrected chi connectivity index (χ1v) is 9.58. The molecule has 0 fully saturated rings. The standard InChI is InChI=1S/C17H30O2S/c1-9-10-12-17(5,6)15(18)14(20(7,8)19)11-13-16(2,3)4/h9-10,12H2,1-8H3. The van der Waals surface area contributed by atoms with Gasteiger partial charge in [0.2, 0.25) is 0 Å². The van der Waals surface area contributed by atoms with Crippen molar-refractivity contribution in [3.63, 3.8) is 0 Å². The summed E-state index contributed by atoms with van der Waals surface area (Å²) in [5.41, 5.74) is -0.698. The van der Waals surface area contributed by atoms with E-state index in [0.29, 0.717) is 4.86 Å². The zero-order chi connectivity index (χ0) is 16.2. The first-order chi connectivity index (χ1) is 8.81. The highest BCUT2D eigenvalue weighted by molar-refractivity contribution is 8.02. The van der Waals surface area contributed by atoms with Gasteiger partial charge >= 0.3 is 0 Å². The monoisotopic (exact) mass is 298 g/mol. The number of unbranched alkanes of at least 4 members (excludes halogenated alkanes) is 1. The second kappa shape index (κ2) is 6.80. The third kappa shape index (κ3) is 6.61. The van der Waals surface area contributed by atoms with Crippen molar-refractivity contribution < 1.29 is 9.00 Å². The number of carbonyl (C=O) groups excluding carboxylic acids is 1. The molecular weight excluding hydrogens is 268 g/mol. The van der Waals surface area contributed by atoms with Gasteiger partial charge in [-0.15, -0.1) is 0 Å². The molecule has 0 saturated heterocycles. The molecule has 0 radical (unpaired) electrons. The molecule has 2 nitrogen and oxygen atoms in total. The van der Waals surface area contributed by atoms with E-state index < -0.39 is 14.9 Å². The topological polar surface area (TPSA) is 34.1 Å². The van der Waals surface area contributed by atoms with Crippen LogP contribution >= 0.6 is 0 Å². The van der Waals surface area contributed by atoms with Gasteiger partial charge in [-0.3, -0.25) is 9.00 Å². The highest BCUT2D eigenvalue weighted by Crippen LogP contribution is 2.25. The molecule has 0 rings (SSSR count). The Hall–Kier alpha value is -0.750. The quantitative estimate of drug-likeness (QED) is 0.575. The van der Waals surface area contributed by atoms with Gasteiger partial charge in [0.1, 0.15) is 4.86 Å². The highest BCUT2D eigenvalue weighted by atomic mass is 32.2. The van der Waals surface area contributed by atoms with Crippen LogP contribution in [0, 0.1) is 22.7 Å². The zero-order valence-corrected chi connectivity index (χ0v) is 15.2. The second-order valence-corrected chi connectivity index (χ2v) is 10.3. The predicted octanol–water partition coefficient (Wildman–Crippen LogP) is 3.54. The minimum absolute atomic E-state index is 0.0577. The second-order valence-electron chi connectivity index (χ2n) is 7.38. The summed E-state index contributed by atoms with van der Waals surface area (Å²) in [6, 6.07) is 0. The van der Waals surface area contributed by atoms with Crippen LogP contribution in [0.1, 0.15) is 60.8 Å². The lowest BCUT2D eigenvalue weighted by molar-refractivity contribution is -0.120. The van der Waals surface area contributed by atoms with Gasteiger partial charge < -0.3 is 0 Å². The van der Waals surface area contributed by atoms with Gasteiger partial charge in [-0.2, -0.15) is 0 Å². The Balaban J connectivity index is 5.68. The van der Waals surface area contributed by atoms with E-state index in [-0.39, 0.29) is 11.2 Å². The van der Waals surface area contributed by atoms with Crippen molar-refractivity contribution in [3.8, 4) is 11.8 Å². The SMILES string of the molecule is CCCCC(C)(C)C(=O)C(C#CC(C)(C)C)=S(C)(C)=O. The van der Waals surface area contributed by atoms with E-state index in [1.807, 2.05) is 34.6 Å². The largest absolute Gasteiger partial charge is 0.292 e. The lowest BCUT2D eigenvalue weighted by Crippen LogP contribution is -2.34. The molecular formula is C17H30O2S. The predicted molar refractivity (Wildman–Crippen MR) is 90.5 cm³/mol. The van der Waals surface area contributed by atoms with E-state index in [1.165, 1.54) is 0 Å². The van der Waals surface area contributed by atoms with Crippen LogP contribution in [0.4, 0.5) is 0 Å². The van der Waals surface area contributed by atoms with Crippen molar-refractivity contribution in [2.24, 2.45) is 10.8 Å². The Bertz CT molecular complexity index is 520. The van der Waals surface area contributed by atoms with E-state index in [4.69, 9.17) is 0 Å². The van der Waals surface area contributed by atoms with Crippen LogP contribution in [-0.2, 0) is 14.3 Å². The first kappa shape index (κ1) is 19.2. The maximum atomic E-state index is 12.7. The number of carbonyl (C=O) groups is 1. The third-order valence-electron chi connectivity index (χ3n) is 3.02. The molecule has 3 heteroatoms. The normalized spacial score (nSPS) is 12.6. The average Bonchev–Trinajstić information content (AvgIpc) is 2.22. The summed E-state index contributed by atoms with van der Waals surface area (Å²) in [7, 11) is -2.35. The molecule has 0 atom stereocenters. The van der Waals surface area contributed by atoms with Crippen LogP contribution in [0.2, 0.25) is 0 Å². The van der Waals surface area contributed by atoms with Gasteiger partial charge in [0.05, 0.1) is 0 Å². The number of rotatable bonds is 5. The van der Waals surface area contributed by atoms with Crippen molar-refractivity contribution in [1.29, 1.82) is 0 Å². The van der Waals surface area contributed by atoms with Gasteiger partial charge in [-0.25, -0.2) is 0 Å². The van der Waals surface area contributed by atoms with E-state index in [0.717, 1.165) is 19.3 Å². The van der Waals surface area contributed by atoms with Gasteiger partial charge in [0.15, 0.2) is 5.78 Å². The fourth-order valence-electron chi connectivity index (χ4n) is 1.69. The molecule has 0 N–H and O–H groups in total. The number of Topliss-reactive ketones (excluding diaryl/α,β-unsaturated/α-hetero) is 1. The van der Waals surface area contributed by atoms with Crippen LogP contribution in [0.3, 0.4) is 0 Å². The maximum Gasteiger partial charge on any atom is 0.184 e. The summed E-state index contributed by atoms with van der Waals surface area (Å²) in [6.45, 7) is 11.9. The van der Waals surface area contributed by atoms with Crippen LogP contribution in [-0.4, -0.2) is 27.4 Å². The molecule has 116 valence electrons. The summed E-state index contributed by atoms with van der Waals surface area (Å²) in [6.07, 6.45) is 6.06. The summed E-state index contributed by atoms with van der Waals surface area (Å²) in [5.74, 6) is 5.92. The molecule has 20 heavy (non-hydrogen) atoms. The van der Waals surface area contributed by atoms with Crippen molar-refractivity contribution in [2.45, 2.75) is 60.8 Å². The van der Waals surface area contributed by atoms with Crippen molar-refractivity contribution >= 4 is 20.2 Å². The molecule has 0 unspecified atom stereocenters. The molecule has 0 aromatic heterocycles. The van der Waals surface area contributed by atoms with Crippen molar-refractivity contribution in [2.75, 3.05) is 12.5 Å². The summed E-state index contributed by atoms with van der Waals surface area (Å²) in [5, 5.41) is 0. The fraction of sp³-hybridized carbons (Fsp3) is 0.765. The Morgan fingerprint density at radius 3 is 1.95 bits per heavy atom. The van der Waals surface area contributed by atoms with Crippen LogP contribution in [0.5, 0.6) is 0 Å². The Kier molecular flexibility index (Phi) is 6.55. The molecule has 0 aliphatic carbocycles. The van der Waals surface area contributed by atoms with Crippen molar-refractivity contribution in [1.82, 2.24) is 0 Å². The molecule has 0 heterocycles. The lowest BCUT2D eigenvalue weighted by atomic mass is 9.81. The Labute approximate surface area is 125 Å². The zero-order valence-electron chi connectivity index (χ0n) is 14.3. The van der Waals surface area contributed by atoms with Gasteiger partial charge in [0.25, 0.3) is 0 Å². The summed E-state index contributed by atoms with van der Waals surface area (Å²) >= 11 is 0. The average molecular weight is 298 g/mol. The van der Waals surface area contributed by atoms with Crippen LogP contribution in [0.25, 0.3) is 0 Å². The summed E-state index contributed by atoms with van der Waals surface area (Å²) in [4.78, 5) is 13.0.